The fourth-order valence-electron chi connectivity index (χ4n) is 0.802. The lowest BCUT2D eigenvalue weighted by Gasteiger charge is -2.08. The molecule has 0 aromatic carbocycles. The van der Waals surface area contributed by atoms with E-state index in [0.29, 0.717) is 0 Å². The molecule has 2 nitrogen and oxygen atoms in total. The number of hydrogen-bond acceptors (Lipinski definition) is 2. The molecular formula is C5H11Cl2NO. The molecule has 0 spiro atoms. The van der Waals surface area contributed by atoms with Gasteiger partial charge in [0.05, 0.1) is 23.7 Å². The summed E-state index contributed by atoms with van der Waals surface area (Å²) in [6, 6.07) is 0. The predicted octanol–water partition coefficient (Wildman–Crippen LogP) is 2.07. The summed E-state index contributed by atoms with van der Waals surface area (Å²) in [5.74, 6) is 0. The van der Waals surface area contributed by atoms with Gasteiger partial charge in [0, 0.05) is 0 Å². The van der Waals surface area contributed by atoms with Gasteiger partial charge in [-0.1, -0.05) is 6.42 Å². The third-order valence-electron chi connectivity index (χ3n) is 1.21. The van der Waals surface area contributed by atoms with Gasteiger partial charge in [-0.05, 0) is 25.9 Å². The Morgan fingerprint density at radius 1 is 1.00 bits per heavy atom. The normalized spacial score (nSPS) is 18.0. The second-order valence-corrected chi connectivity index (χ2v) is 2.34. The molecule has 0 bridgehead atoms. The average Bonchev–Trinajstić information content (AvgIpc) is 1.93. The molecule has 0 aliphatic carbocycles. The van der Waals surface area contributed by atoms with Crippen LogP contribution in [0, 0.1) is 0 Å². The summed E-state index contributed by atoms with van der Waals surface area (Å²) in [6.45, 7) is 2.50. The minimum atomic E-state index is 1.25. The van der Waals surface area contributed by atoms with E-state index in [1.54, 1.807) is 0 Å². The summed E-state index contributed by atoms with van der Waals surface area (Å²) < 4.78 is 3.19. The van der Waals surface area contributed by atoms with Crippen molar-refractivity contribution in [1.29, 1.82) is 0 Å². The van der Waals surface area contributed by atoms with Gasteiger partial charge in [-0.25, -0.2) is 0 Å². The van der Waals surface area contributed by atoms with Gasteiger partial charge >= 0.3 is 0 Å². The van der Waals surface area contributed by atoms with E-state index < -0.39 is 0 Å². The molecular weight excluding hydrogens is 161 g/mol. The van der Waals surface area contributed by atoms with Crippen LogP contribution in [0.5, 0.6) is 0 Å². The highest BCUT2D eigenvalue weighted by atomic mass is 35.6. The van der Waals surface area contributed by atoms with Crippen LogP contribution < -0.4 is 5.32 Å². The molecule has 0 aromatic rings. The molecule has 1 rings (SSSR count). The first kappa shape index (κ1) is 9.50. The van der Waals surface area contributed by atoms with Crippen LogP contribution in [-0.4, -0.2) is 13.1 Å². The monoisotopic (exact) mass is 171 g/mol. The first-order valence-corrected chi connectivity index (χ1v) is 3.63. The Balaban J connectivity index is 0.000000187. The molecule has 0 saturated carbocycles. The van der Waals surface area contributed by atoms with Gasteiger partial charge in [0.15, 0.2) is 0 Å². The van der Waals surface area contributed by atoms with E-state index in [2.05, 4.69) is 32.9 Å². The Kier molecular flexibility index (Phi) is 8.97. The minimum Gasteiger partial charge on any atom is -0.317 e. The predicted molar refractivity (Wildman–Crippen MR) is 39.5 cm³/mol. The zero-order valence-electron chi connectivity index (χ0n) is 5.20. The quantitative estimate of drug-likeness (QED) is 0.603. The third-order valence-corrected chi connectivity index (χ3v) is 1.21. The second-order valence-electron chi connectivity index (χ2n) is 1.87. The number of nitrogens with one attached hydrogen (secondary N) is 1. The number of rotatable bonds is 0. The Hall–Kier alpha value is 0.500. The molecule has 1 aliphatic heterocycles. The molecule has 1 aliphatic rings. The molecule has 0 radical (unpaired) electrons. The molecule has 4 heteroatoms. The Bertz CT molecular complexity index is 38.7. The Labute approximate surface area is 65.8 Å². The first-order chi connectivity index (χ1) is 4.41. The van der Waals surface area contributed by atoms with Crippen molar-refractivity contribution in [1.82, 2.24) is 5.32 Å². The summed E-state index contributed by atoms with van der Waals surface area (Å²) >= 11 is 8.53. The summed E-state index contributed by atoms with van der Waals surface area (Å²) in [5.41, 5.74) is 0. The van der Waals surface area contributed by atoms with Gasteiger partial charge in [0.2, 0.25) is 0 Å². The fourth-order valence-corrected chi connectivity index (χ4v) is 0.802. The van der Waals surface area contributed by atoms with Crippen molar-refractivity contribution in [2.24, 2.45) is 0 Å². The molecule has 0 aromatic heterocycles. The molecule has 0 atom stereocenters. The van der Waals surface area contributed by atoms with Crippen LogP contribution in [0.25, 0.3) is 0 Å². The van der Waals surface area contributed by atoms with Crippen LogP contribution in [0.2, 0.25) is 0 Å². The molecule has 0 unspecified atom stereocenters. The fraction of sp³-hybridized carbons (Fsp3) is 1.00. The molecule has 1 fully saturated rings. The van der Waals surface area contributed by atoms with Crippen molar-refractivity contribution in [2.75, 3.05) is 13.1 Å². The topological polar surface area (TPSA) is 21.3 Å². The summed E-state index contributed by atoms with van der Waals surface area (Å²) in [7, 11) is 0. The Morgan fingerprint density at radius 3 is 1.56 bits per heavy atom. The smallest absolute Gasteiger partial charge is 0.0832 e. The third kappa shape index (κ3) is 8.50. The maximum Gasteiger partial charge on any atom is 0.0832 e. The summed E-state index contributed by atoms with van der Waals surface area (Å²) in [4.78, 5) is 0. The number of halogens is 2. The molecule has 0 amide bonds. The zero-order valence-corrected chi connectivity index (χ0v) is 6.71. The van der Waals surface area contributed by atoms with Crippen molar-refractivity contribution in [3.8, 4) is 0 Å². The van der Waals surface area contributed by atoms with E-state index in [1.807, 2.05) is 0 Å². The maximum absolute atomic E-state index is 4.26. The van der Waals surface area contributed by atoms with Crippen LogP contribution in [-0.2, 0) is 3.84 Å². The van der Waals surface area contributed by atoms with Gasteiger partial charge in [0.1, 0.15) is 0 Å². The molecule has 1 N–H and O–H groups in total. The molecule has 1 saturated heterocycles. The maximum atomic E-state index is 4.26. The highest BCUT2D eigenvalue weighted by molar-refractivity contribution is 6.24. The van der Waals surface area contributed by atoms with E-state index in [1.165, 1.54) is 32.4 Å². The van der Waals surface area contributed by atoms with Crippen molar-refractivity contribution >= 4 is 23.7 Å². The van der Waals surface area contributed by atoms with E-state index >= 15 is 0 Å². The van der Waals surface area contributed by atoms with Crippen molar-refractivity contribution in [3.63, 3.8) is 0 Å². The van der Waals surface area contributed by atoms with Gasteiger partial charge in [0.25, 0.3) is 0 Å². The van der Waals surface area contributed by atoms with E-state index in [0.717, 1.165) is 0 Å². The molecule has 1 heterocycles. The van der Waals surface area contributed by atoms with Gasteiger partial charge in [-0.15, -0.1) is 0 Å². The van der Waals surface area contributed by atoms with Gasteiger partial charge < -0.3 is 5.32 Å². The van der Waals surface area contributed by atoms with Crippen molar-refractivity contribution in [2.45, 2.75) is 19.3 Å². The standard InChI is InChI=1S/C5H11N.Cl2O/c1-2-4-6-5-3-1;1-3-2/h6H,1-5H2;. The lowest BCUT2D eigenvalue weighted by atomic mass is 10.2. The SMILES string of the molecule is C1CCNCC1.ClOCl. The van der Waals surface area contributed by atoms with E-state index in [4.69, 9.17) is 0 Å². The highest BCUT2D eigenvalue weighted by Crippen LogP contribution is 1.96. The average molecular weight is 172 g/mol. The number of hydrogen-bond donors (Lipinski definition) is 1. The lowest BCUT2D eigenvalue weighted by molar-refractivity contribution is 0.520. The minimum absolute atomic E-state index is 1.25. The van der Waals surface area contributed by atoms with Crippen molar-refractivity contribution in [3.05, 3.63) is 0 Å². The summed E-state index contributed by atoms with van der Waals surface area (Å²) in [5, 5.41) is 3.28. The van der Waals surface area contributed by atoms with E-state index in [9.17, 15) is 0 Å². The van der Waals surface area contributed by atoms with Crippen LogP contribution in [0.15, 0.2) is 0 Å². The zero-order chi connectivity index (χ0) is 6.95. The second kappa shape index (κ2) is 8.50. The van der Waals surface area contributed by atoms with E-state index in [-0.39, 0.29) is 0 Å². The largest absolute Gasteiger partial charge is 0.317 e. The molecule has 9 heavy (non-hydrogen) atoms. The van der Waals surface area contributed by atoms with Crippen LogP contribution in [0.1, 0.15) is 19.3 Å². The Morgan fingerprint density at radius 2 is 1.44 bits per heavy atom. The van der Waals surface area contributed by atoms with Crippen LogP contribution >= 0.6 is 23.7 Å². The van der Waals surface area contributed by atoms with Gasteiger partial charge in [-0.3, -0.25) is 0 Å². The highest BCUT2D eigenvalue weighted by Gasteiger charge is 1.93. The number of piperidine rings is 1. The summed E-state index contributed by atoms with van der Waals surface area (Å²) in [6.07, 6.45) is 4.22. The molecule has 56 valence electrons. The van der Waals surface area contributed by atoms with Gasteiger partial charge in [-0.2, -0.15) is 3.84 Å². The lowest BCUT2D eigenvalue weighted by Crippen LogP contribution is -2.21. The van der Waals surface area contributed by atoms with Crippen LogP contribution in [0.4, 0.5) is 0 Å². The van der Waals surface area contributed by atoms with Crippen LogP contribution in [0.3, 0.4) is 0 Å². The first-order valence-electron chi connectivity index (χ1n) is 3.02. The van der Waals surface area contributed by atoms with Crippen molar-refractivity contribution < 1.29 is 3.84 Å².